The third-order valence-corrected chi connectivity index (χ3v) is 3.82. The summed E-state index contributed by atoms with van der Waals surface area (Å²) in [5.41, 5.74) is 2.33. The Morgan fingerprint density at radius 1 is 1.33 bits per heavy atom. The summed E-state index contributed by atoms with van der Waals surface area (Å²) in [5.74, 6) is -1.45. The number of carboxylic acids is 1. The van der Waals surface area contributed by atoms with Crippen LogP contribution in [0.1, 0.15) is 36.2 Å². The van der Waals surface area contributed by atoms with Crippen molar-refractivity contribution in [2.45, 2.75) is 27.2 Å². The predicted molar refractivity (Wildman–Crippen MR) is 91.2 cm³/mol. The van der Waals surface area contributed by atoms with E-state index >= 15 is 0 Å². The molecule has 0 saturated carbocycles. The van der Waals surface area contributed by atoms with Crippen molar-refractivity contribution < 1.29 is 14.7 Å². The van der Waals surface area contributed by atoms with Gasteiger partial charge < -0.3 is 10.4 Å². The average molecular weight is 329 g/mol. The van der Waals surface area contributed by atoms with Crippen LogP contribution in [0.3, 0.4) is 0 Å². The number of carboxylic acid groups (broad SMARTS) is 1. The van der Waals surface area contributed by atoms with Crippen molar-refractivity contribution in [3.05, 3.63) is 47.8 Å². The second-order valence-electron chi connectivity index (χ2n) is 6.33. The first-order chi connectivity index (χ1) is 11.4. The van der Waals surface area contributed by atoms with Crippen LogP contribution in [0, 0.1) is 18.8 Å². The zero-order chi connectivity index (χ0) is 17.7. The Kier molecular flexibility index (Phi) is 5.73. The Morgan fingerprint density at radius 2 is 2.08 bits per heavy atom. The zero-order valence-electron chi connectivity index (χ0n) is 14.2. The molecule has 2 aromatic rings. The van der Waals surface area contributed by atoms with Crippen LogP contribution in [-0.2, 0) is 4.79 Å². The summed E-state index contributed by atoms with van der Waals surface area (Å²) in [4.78, 5) is 23.5. The minimum absolute atomic E-state index is 0.131. The van der Waals surface area contributed by atoms with Crippen LogP contribution in [-0.4, -0.2) is 33.3 Å². The summed E-state index contributed by atoms with van der Waals surface area (Å²) in [6.45, 7) is 5.98. The number of hydrogen-bond acceptors (Lipinski definition) is 3. The lowest BCUT2D eigenvalue weighted by Crippen LogP contribution is -2.33. The van der Waals surface area contributed by atoms with Gasteiger partial charge in [-0.15, -0.1) is 0 Å². The topological polar surface area (TPSA) is 84.2 Å². The van der Waals surface area contributed by atoms with E-state index in [1.165, 1.54) is 0 Å². The number of carbonyl (C=O) groups is 2. The van der Waals surface area contributed by atoms with E-state index in [4.69, 9.17) is 0 Å². The highest BCUT2D eigenvalue weighted by atomic mass is 16.4. The monoisotopic (exact) mass is 329 g/mol. The molecule has 1 unspecified atom stereocenters. The van der Waals surface area contributed by atoms with Gasteiger partial charge in [0.25, 0.3) is 5.91 Å². The van der Waals surface area contributed by atoms with Gasteiger partial charge in [0.05, 0.1) is 11.6 Å². The third-order valence-electron chi connectivity index (χ3n) is 3.82. The minimum Gasteiger partial charge on any atom is -0.481 e. The molecule has 1 aromatic heterocycles. The highest BCUT2D eigenvalue weighted by Crippen LogP contribution is 2.16. The number of aryl methyl sites for hydroxylation is 1. The molecule has 0 saturated heterocycles. The van der Waals surface area contributed by atoms with Gasteiger partial charge in [-0.25, -0.2) is 4.68 Å². The molecule has 128 valence electrons. The number of benzene rings is 1. The van der Waals surface area contributed by atoms with Crippen LogP contribution >= 0.6 is 0 Å². The van der Waals surface area contributed by atoms with Gasteiger partial charge in [0.15, 0.2) is 0 Å². The van der Waals surface area contributed by atoms with E-state index in [1.54, 1.807) is 23.0 Å². The van der Waals surface area contributed by atoms with Gasteiger partial charge >= 0.3 is 5.97 Å². The van der Waals surface area contributed by atoms with E-state index in [2.05, 4.69) is 10.4 Å². The number of amides is 1. The molecule has 0 fully saturated rings. The van der Waals surface area contributed by atoms with Crippen molar-refractivity contribution in [1.29, 1.82) is 0 Å². The molecule has 0 spiro atoms. The smallest absolute Gasteiger partial charge is 0.308 e. The predicted octanol–water partition coefficient (Wildman–Crippen LogP) is 2.66. The maximum Gasteiger partial charge on any atom is 0.308 e. The van der Waals surface area contributed by atoms with Gasteiger partial charge in [-0.2, -0.15) is 5.10 Å². The van der Waals surface area contributed by atoms with Crippen LogP contribution in [0.5, 0.6) is 0 Å². The van der Waals surface area contributed by atoms with Gasteiger partial charge in [0, 0.05) is 24.5 Å². The lowest BCUT2D eigenvalue weighted by Gasteiger charge is -2.16. The van der Waals surface area contributed by atoms with Crippen LogP contribution in [0.15, 0.2) is 36.7 Å². The first kappa shape index (κ1) is 17.7. The fourth-order valence-corrected chi connectivity index (χ4v) is 2.62. The van der Waals surface area contributed by atoms with Gasteiger partial charge in [0.1, 0.15) is 0 Å². The SMILES string of the molecule is Cc1cc(C(=O)NCC(CC(C)C)C(=O)O)ccc1-n1cccn1. The van der Waals surface area contributed by atoms with Gasteiger partial charge in [-0.3, -0.25) is 9.59 Å². The first-order valence-corrected chi connectivity index (χ1v) is 8.00. The second-order valence-corrected chi connectivity index (χ2v) is 6.33. The maximum atomic E-state index is 12.3. The van der Waals surface area contributed by atoms with E-state index in [0.29, 0.717) is 12.0 Å². The minimum atomic E-state index is -0.880. The fraction of sp³-hybridized carbons (Fsp3) is 0.389. The maximum absolute atomic E-state index is 12.3. The Balaban J connectivity index is 2.05. The third kappa shape index (κ3) is 4.44. The molecule has 1 atom stereocenters. The molecule has 2 rings (SSSR count). The summed E-state index contributed by atoms with van der Waals surface area (Å²) in [7, 11) is 0. The molecule has 6 heteroatoms. The Hall–Kier alpha value is -2.63. The van der Waals surface area contributed by atoms with E-state index in [0.717, 1.165) is 11.3 Å². The van der Waals surface area contributed by atoms with E-state index in [-0.39, 0.29) is 18.4 Å². The molecule has 6 nitrogen and oxygen atoms in total. The molecule has 1 amide bonds. The summed E-state index contributed by atoms with van der Waals surface area (Å²) in [6, 6.07) is 7.17. The largest absolute Gasteiger partial charge is 0.481 e. The molecule has 0 aliphatic heterocycles. The lowest BCUT2D eigenvalue weighted by molar-refractivity contribution is -0.142. The molecule has 24 heavy (non-hydrogen) atoms. The van der Waals surface area contributed by atoms with Crippen molar-refractivity contribution >= 4 is 11.9 Å². The molecule has 0 aliphatic carbocycles. The number of aromatic nitrogens is 2. The fourth-order valence-electron chi connectivity index (χ4n) is 2.62. The number of hydrogen-bond donors (Lipinski definition) is 2. The van der Waals surface area contributed by atoms with Gasteiger partial charge in [-0.05, 0) is 49.1 Å². The average Bonchev–Trinajstić information content (AvgIpc) is 3.04. The van der Waals surface area contributed by atoms with Gasteiger partial charge in [-0.1, -0.05) is 13.8 Å². The van der Waals surface area contributed by atoms with Crippen molar-refractivity contribution in [2.24, 2.45) is 11.8 Å². The molecule has 0 aliphatic rings. The number of rotatable bonds is 7. The van der Waals surface area contributed by atoms with Crippen LogP contribution in [0.25, 0.3) is 5.69 Å². The lowest BCUT2D eigenvalue weighted by atomic mass is 9.97. The van der Waals surface area contributed by atoms with Gasteiger partial charge in [0.2, 0.25) is 0 Å². The van der Waals surface area contributed by atoms with Crippen molar-refractivity contribution in [1.82, 2.24) is 15.1 Å². The van der Waals surface area contributed by atoms with Crippen molar-refractivity contribution in [3.8, 4) is 5.69 Å². The molecule has 1 aromatic carbocycles. The quantitative estimate of drug-likeness (QED) is 0.818. The number of carbonyl (C=O) groups excluding carboxylic acids is 1. The number of nitrogens with zero attached hydrogens (tertiary/aromatic N) is 2. The molecule has 0 radical (unpaired) electrons. The highest BCUT2D eigenvalue weighted by Gasteiger charge is 2.20. The molecule has 1 heterocycles. The molecule has 2 N–H and O–H groups in total. The first-order valence-electron chi connectivity index (χ1n) is 8.00. The molecule has 0 bridgehead atoms. The second kappa shape index (κ2) is 7.77. The van der Waals surface area contributed by atoms with Crippen LogP contribution < -0.4 is 5.32 Å². The molecular weight excluding hydrogens is 306 g/mol. The van der Waals surface area contributed by atoms with Crippen molar-refractivity contribution in [3.63, 3.8) is 0 Å². The van der Waals surface area contributed by atoms with E-state index < -0.39 is 11.9 Å². The Morgan fingerprint density at radius 3 is 2.62 bits per heavy atom. The van der Waals surface area contributed by atoms with E-state index in [1.807, 2.05) is 39.1 Å². The summed E-state index contributed by atoms with van der Waals surface area (Å²) < 4.78 is 1.74. The van der Waals surface area contributed by atoms with Crippen LogP contribution in [0.4, 0.5) is 0 Å². The normalized spacial score (nSPS) is 12.2. The van der Waals surface area contributed by atoms with Crippen molar-refractivity contribution in [2.75, 3.05) is 6.54 Å². The Labute approximate surface area is 141 Å². The zero-order valence-corrected chi connectivity index (χ0v) is 14.2. The highest BCUT2D eigenvalue weighted by molar-refractivity contribution is 5.94. The summed E-state index contributed by atoms with van der Waals surface area (Å²) in [6.07, 6.45) is 4.07. The summed E-state index contributed by atoms with van der Waals surface area (Å²) >= 11 is 0. The van der Waals surface area contributed by atoms with Crippen LogP contribution in [0.2, 0.25) is 0 Å². The standard InChI is InChI=1S/C18H23N3O3/c1-12(2)9-15(18(23)24)11-19-17(22)14-5-6-16(13(3)10-14)21-8-4-7-20-21/h4-8,10,12,15H,9,11H2,1-3H3,(H,19,22)(H,23,24). The number of nitrogens with one attached hydrogen (secondary N) is 1. The summed E-state index contributed by atoms with van der Waals surface area (Å²) in [5, 5.41) is 16.1. The Bertz CT molecular complexity index is 708. The number of aliphatic carboxylic acids is 1. The molecular formula is C18H23N3O3. The van der Waals surface area contributed by atoms with E-state index in [9.17, 15) is 14.7 Å².